The van der Waals surface area contributed by atoms with Gasteiger partial charge in [-0.1, -0.05) is 6.07 Å². The van der Waals surface area contributed by atoms with Crippen molar-refractivity contribution in [2.75, 3.05) is 50.7 Å². The van der Waals surface area contributed by atoms with E-state index < -0.39 is 5.91 Å². The van der Waals surface area contributed by atoms with Crippen LogP contribution < -0.4 is 20.3 Å². The van der Waals surface area contributed by atoms with Crippen LogP contribution in [-0.2, 0) is 11.8 Å². The van der Waals surface area contributed by atoms with E-state index in [1.54, 1.807) is 47.1 Å². The quantitative estimate of drug-likeness (QED) is 0.508. The molecule has 13 heteroatoms. The summed E-state index contributed by atoms with van der Waals surface area (Å²) in [6.07, 6.45) is 1.60. The number of hydrogen-bond donors (Lipinski definition) is 2. The van der Waals surface area contributed by atoms with Crippen LogP contribution >= 0.6 is 0 Å². The van der Waals surface area contributed by atoms with Gasteiger partial charge in [-0.3, -0.25) is 14.4 Å². The number of rotatable bonds is 7. The van der Waals surface area contributed by atoms with Gasteiger partial charge in [0.05, 0.1) is 43.3 Å². The number of nitrogens with zero attached hydrogens (tertiary/aromatic N) is 7. The molecule has 2 N–H and O–H groups in total. The van der Waals surface area contributed by atoms with Crippen LogP contribution in [0.2, 0.25) is 0 Å². The zero-order valence-corrected chi connectivity index (χ0v) is 19.6. The van der Waals surface area contributed by atoms with Crippen LogP contribution in [-0.4, -0.2) is 88.3 Å². The van der Waals surface area contributed by atoms with E-state index in [1.807, 2.05) is 12.1 Å². The molecule has 2 aliphatic rings. The summed E-state index contributed by atoms with van der Waals surface area (Å²) in [6, 6.07) is 7.03. The number of urea groups is 1. The molecular weight excluding hydrogens is 454 g/mol. The molecule has 13 nitrogen and oxygen atoms in total. The van der Waals surface area contributed by atoms with Gasteiger partial charge < -0.3 is 25.0 Å². The Labute approximate surface area is 201 Å². The Hall–Kier alpha value is -4.26. The molecular formula is C22H25N9O4. The molecule has 4 heterocycles. The molecule has 0 saturated carbocycles. The third-order valence-electron chi connectivity index (χ3n) is 5.93. The number of aryl methyl sites for hydroxylation is 1. The third kappa shape index (κ3) is 4.10. The summed E-state index contributed by atoms with van der Waals surface area (Å²) in [6.45, 7) is 2.11. The number of ether oxygens (including phenoxy) is 2. The topological polar surface area (TPSA) is 140 Å². The maximum absolute atomic E-state index is 13.0. The highest BCUT2D eigenvalue weighted by Crippen LogP contribution is 2.37. The Kier molecular flexibility index (Phi) is 5.91. The van der Waals surface area contributed by atoms with Crippen LogP contribution in [0.25, 0.3) is 11.4 Å². The van der Waals surface area contributed by atoms with Crippen molar-refractivity contribution in [2.24, 2.45) is 7.05 Å². The van der Waals surface area contributed by atoms with Gasteiger partial charge in [0.2, 0.25) is 0 Å². The number of carbonyl (C=O) groups is 2. The Morgan fingerprint density at radius 2 is 2.03 bits per heavy atom. The fraction of sp³-hybridized carbons (Fsp3) is 0.364. The molecule has 0 radical (unpaired) electrons. The van der Waals surface area contributed by atoms with Gasteiger partial charge >= 0.3 is 6.03 Å². The van der Waals surface area contributed by atoms with Gasteiger partial charge in [-0.2, -0.15) is 5.10 Å². The van der Waals surface area contributed by atoms with E-state index in [0.29, 0.717) is 60.6 Å². The van der Waals surface area contributed by atoms with Crippen molar-refractivity contribution in [1.82, 2.24) is 35.2 Å². The Bertz CT molecular complexity index is 1270. The first-order valence-electron chi connectivity index (χ1n) is 11.1. The molecule has 3 amide bonds. The Morgan fingerprint density at radius 1 is 1.20 bits per heavy atom. The lowest BCUT2D eigenvalue weighted by atomic mass is 10.1. The second-order valence-corrected chi connectivity index (χ2v) is 8.12. The maximum atomic E-state index is 13.0. The SMILES string of the molecule is CNC(=O)c1nnc(N2CCN(C3COC3)C2=O)cc1Nc1cccc(-c2ncn(C)n2)c1OC. The van der Waals surface area contributed by atoms with E-state index >= 15 is 0 Å². The van der Waals surface area contributed by atoms with E-state index in [-0.39, 0.29) is 17.8 Å². The predicted octanol–water partition coefficient (Wildman–Crippen LogP) is 1.02. The molecule has 1 aromatic carbocycles. The number of methoxy groups -OCH3 is 1. The number of amides is 3. The zero-order chi connectivity index (χ0) is 24.5. The maximum Gasteiger partial charge on any atom is 0.326 e. The minimum atomic E-state index is -0.422. The fourth-order valence-electron chi connectivity index (χ4n) is 4.04. The first-order chi connectivity index (χ1) is 17.0. The van der Waals surface area contributed by atoms with Crippen LogP contribution in [0.5, 0.6) is 5.75 Å². The van der Waals surface area contributed by atoms with Gasteiger partial charge in [-0.25, -0.2) is 9.78 Å². The van der Waals surface area contributed by atoms with Crippen molar-refractivity contribution in [1.29, 1.82) is 0 Å². The Balaban J connectivity index is 1.50. The number of para-hydroxylation sites is 1. The van der Waals surface area contributed by atoms with Gasteiger partial charge in [-0.05, 0) is 12.1 Å². The van der Waals surface area contributed by atoms with E-state index in [0.717, 1.165) is 0 Å². The molecule has 0 bridgehead atoms. The van der Waals surface area contributed by atoms with Gasteiger partial charge in [0.15, 0.2) is 23.1 Å². The summed E-state index contributed by atoms with van der Waals surface area (Å²) >= 11 is 0. The highest BCUT2D eigenvalue weighted by atomic mass is 16.5. The van der Waals surface area contributed by atoms with Gasteiger partial charge in [0.25, 0.3) is 5.91 Å². The summed E-state index contributed by atoms with van der Waals surface area (Å²) < 4.78 is 12.5. The first-order valence-corrected chi connectivity index (χ1v) is 11.1. The average molecular weight is 480 g/mol. The van der Waals surface area contributed by atoms with Crippen LogP contribution in [0.4, 0.5) is 22.0 Å². The van der Waals surface area contributed by atoms with Crippen molar-refractivity contribution in [3.63, 3.8) is 0 Å². The third-order valence-corrected chi connectivity index (χ3v) is 5.93. The monoisotopic (exact) mass is 479 g/mol. The molecule has 2 fully saturated rings. The second-order valence-electron chi connectivity index (χ2n) is 8.12. The number of anilines is 3. The summed E-state index contributed by atoms with van der Waals surface area (Å²) in [5, 5.41) is 18.5. The van der Waals surface area contributed by atoms with E-state index in [9.17, 15) is 9.59 Å². The van der Waals surface area contributed by atoms with E-state index in [2.05, 4.69) is 30.9 Å². The normalized spacial score (nSPS) is 15.8. The standard InChI is InChI=1S/C22H25N9O4/c1-23-21(32)18-16(9-17(26-27-18)31-8-7-30(22(31)33)13-10-35-11-13)25-15-6-4-5-14(19(15)34-3)20-24-12-29(2)28-20/h4-6,9,12-13H,7-8,10-11H2,1-3H3,(H,23,32)(H,25,26). The highest BCUT2D eigenvalue weighted by Gasteiger charge is 2.38. The molecule has 3 aromatic rings. The van der Waals surface area contributed by atoms with Gasteiger partial charge in [0.1, 0.15) is 6.33 Å². The molecule has 2 saturated heterocycles. The summed E-state index contributed by atoms with van der Waals surface area (Å²) in [4.78, 5) is 33.2. The lowest BCUT2D eigenvalue weighted by Crippen LogP contribution is -2.50. The van der Waals surface area contributed by atoms with Gasteiger partial charge in [0, 0.05) is 33.3 Å². The highest BCUT2D eigenvalue weighted by molar-refractivity contribution is 6.00. The van der Waals surface area contributed by atoms with E-state index in [1.165, 1.54) is 7.05 Å². The number of carbonyl (C=O) groups excluding carboxylic acids is 2. The summed E-state index contributed by atoms with van der Waals surface area (Å²) in [5.74, 6) is 0.910. The number of benzene rings is 1. The van der Waals surface area contributed by atoms with Crippen molar-refractivity contribution >= 4 is 29.1 Å². The fourth-order valence-corrected chi connectivity index (χ4v) is 4.04. The number of hydrogen-bond acceptors (Lipinski definition) is 9. The lowest BCUT2D eigenvalue weighted by Gasteiger charge is -2.34. The summed E-state index contributed by atoms with van der Waals surface area (Å²) in [5.41, 5.74) is 1.70. The molecule has 0 unspecified atom stereocenters. The molecule has 0 aliphatic carbocycles. The lowest BCUT2D eigenvalue weighted by molar-refractivity contribution is -0.0433. The Morgan fingerprint density at radius 3 is 2.69 bits per heavy atom. The summed E-state index contributed by atoms with van der Waals surface area (Å²) in [7, 11) is 4.84. The van der Waals surface area contributed by atoms with Crippen molar-refractivity contribution in [3.8, 4) is 17.1 Å². The molecule has 2 aromatic heterocycles. The minimum Gasteiger partial charge on any atom is -0.494 e. The minimum absolute atomic E-state index is 0.0791. The van der Waals surface area contributed by atoms with Crippen molar-refractivity contribution < 1.29 is 19.1 Å². The van der Waals surface area contributed by atoms with Crippen LogP contribution in [0.1, 0.15) is 10.5 Å². The molecule has 35 heavy (non-hydrogen) atoms. The first kappa shape index (κ1) is 22.5. The zero-order valence-electron chi connectivity index (χ0n) is 19.6. The number of nitrogens with one attached hydrogen (secondary N) is 2. The molecule has 2 aliphatic heterocycles. The van der Waals surface area contributed by atoms with Gasteiger partial charge in [-0.15, -0.1) is 10.2 Å². The number of aromatic nitrogens is 5. The average Bonchev–Trinajstić information content (AvgIpc) is 3.43. The second kappa shape index (κ2) is 9.18. The van der Waals surface area contributed by atoms with E-state index in [4.69, 9.17) is 9.47 Å². The van der Waals surface area contributed by atoms with Crippen molar-refractivity contribution in [3.05, 3.63) is 36.3 Å². The molecule has 5 rings (SSSR count). The molecule has 182 valence electrons. The smallest absolute Gasteiger partial charge is 0.326 e. The van der Waals surface area contributed by atoms with Crippen LogP contribution in [0.15, 0.2) is 30.6 Å². The van der Waals surface area contributed by atoms with Crippen molar-refractivity contribution in [2.45, 2.75) is 6.04 Å². The molecule has 0 atom stereocenters. The predicted molar refractivity (Wildman–Crippen MR) is 126 cm³/mol. The van der Waals surface area contributed by atoms with Crippen LogP contribution in [0, 0.1) is 0 Å². The largest absolute Gasteiger partial charge is 0.494 e. The molecule has 0 spiro atoms. The van der Waals surface area contributed by atoms with Crippen LogP contribution in [0.3, 0.4) is 0 Å².